The van der Waals surface area contributed by atoms with Crippen molar-refractivity contribution in [3.8, 4) is 5.75 Å². The summed E-state index contributed by atoms with van der Waals surface area (Å²) in [6, 6.07) is 7.25. The second-order valence-electron chi connectivity index (χ2n) is 5.02. The van der Waals surface area contributed by atoms with Crippen LogP contribution in [0.15, 0.2) is 51.8 Å². The molecular formula is C16H14FN3O4. The maximum atomic E-state index is 12.8. The van der Waals surface area contributed by atoms with Crippen molar-refractivity contribution >= 4 is 5.91 Å². The van der Waals surface area contributed by atoms with Crippen molar-refractivity contribution in [1.29, 1.82) is 0 Å². The standard InChI is InChI=1S/C16H14FN3O4/c1-20(8-12-6-7-24-19-12)16(21)14-9-23-15(18-14)10-22-13-4-2-11(17)3-5-13/h2-7,9H,8,10H2,1H3. The molecule has 7 nitrogen and oxygen atoms in total. The molecule has 0 fully saturated rings. The molecule has 8 heteroatoms. The molecule has 1 aromatic carbocycles. The third-order valence-electron chi connectivity index (χ3n) is 3.18. The summed E-state index contributed by atoms with van der Waals surface area (Å²) in [7, 11) is 1.63. The Morgan fingerprint density at radius 2 is 2.08 bits per heavy atom. The highest BCUT2D eigenvalue weighted by Gasteiger charge is 2.18. The number of nitrogens with zero attached hydrogens (tertiary/aromatic N) is 3. The number of oxazole rings is 1. The van der Waals surface area contributed by atoms with E-state index in [0.717, 1.165) is 0 Å². The minimum atomic E-state index is -0.346. The van der Waals surface area contributed by atoms with E-state index in [-0.39, 0.29) is 29.9 Å². The molecule has 3 rings (SSSR count). The molecule has 124 valence electrons. The van der Waals surface area contributed by atoms with Crippen LogP contribution in [-0.4, -0.2) is 28.0 Å². The molecular weight excluding hydrogens is 317 g/mol. The monoisotopic (exact) mass is 331 g/mol. The number of ether oxygens (including phenoxy) is 1. The van der Waals surface area contributed by atoms with Gasteiger partial charge < -0.3 is 18.6 Å². The summed E-state index contributed by atoms with van der Waals surface area (Å²) in [6.45, 7) is 0.329. The molecule has 0 aliphatic rings. The lowest BCUT2D eigenvalue weighted by Crippen LogP contribution is -2.26. The number of amides is 1. The van der Waals surface area contributed by atoms with Gasteiger partial charge in [-0.05, 0) is 24.3 Å². The topological polar surface area (TPSA) is 81.6 Å². The Bertz CT molecular complexity index is 799. The second-order valence-corrected chi connectivity index (χ2v) is 5.02. The Morgan fingerprint density at radius 3 is 2.79 bits per heavy atom. The van der Waals surface area contributed by atoms with Crippen LogP contribution in [0, 0.1) is 5.82 Å². The van der Waals surface area contributed by atoms with Gasteiger partial charge in [0.1, 0.15) is 29.8 Å². The number of carbonyl (C=O) groups is 1. The lowest BCUT2D eigenvalue weighted by atomic mass is 10.3. The van der Waals surface area contributed by atoms with Gasteiger partial charge in [-0.2, -0.15) is 0 Å². The first-order valence-electron chi connectivity index (χ1n) is 7.09. The van der Waals surface area contributed by atoms with E-state index in [9.17, 15) is 9.18 Å². The van der Waals surface area contributed by atoms with Crippen LogP contribution in [0.4, 0.5) is 4.39 Å². The van der Waals surface area contributed by atoms with Crippen LogP contribution in [0.25, 0.3) is 0 Å². The lowest BCUT2D eigenvalue weighted by molar-refractivity contribution is 0.0776. The maximum Gasteiger partial charge on any atom is 0.275 e. The largest absolute Gasteiger partial charge is 0.484 e. The second kappa shape index (κ2) is 6.95. The van der Waals surface area contributed by atoms with Crippen molar-refractivity contribution in [3.05, 3.63) is 66.0 Å². The molecule has 0 unspecified atom stereocenters. The SMILES string of the molecule is CN(Cc1ccon1)C(=O)c1coc(COc2ccc(F)cc2)n1. The minimum absolute atomic E-state index is 0.0336. The van der Waals surface area contributed by atoms with Gasteiger partial charge in [0, 0.05) is 13.1 Å². The first kappa shape index (κ1) is 15.7. The molecule has 0 radical (unpaired) electrons. The van der Waals surface area contributed by atoms with Crippen molar-refractivity contribution in [2.75, 3.05) is 7.05 Å². The van der Waals surface area contributed by atoms with Gasteiger partial charge in [0.05, 0.1) is 6.54 Å². The summed E-state index contributed by atoms with van der Waals surface area (Å²) in [5.74, 6) is 0.0689. The van der Waals surface area contributed by atoms with Crippen molar-refractivity contribution in [2.24, 2.45) is 0 Å². The van der Waals surface area contributed by atoms with Gasteiger partial charge in [-0.15, -0.1) is 0 Å². The zero-order valence-corrected chi connectivity index (χ0v) is 12.8. The van der Waals surface area contributed by atoms with E-state index in [0.29, 0.717) is 18.0 Å². The normalized spacial score (nSPS) is 10.6. The molecule has 0 aliphatic carbocycles. The van der Waals surface area contributed by atoms with Crippen LogP contribution >= 0.6 is 0 Å². The number of hydrogen-bond acceptors (Lipinski definition) is 6. The van der Waals surface area contributed by atoms with Crippen LogP contribution in [0.5, 0.6) is 5.75 Å². The van der Waals surface area contributed by atoms with Gasteiger partial charge in [0.2, 0.25) is 5.89 Å². The van der Waals surface area contributed by atoms with E-state index in [1.54, 1.807) is 13.1 Å². The van der Waals surface area contributed by atoms with E-state index in [4.69, 9.17) is 13.7 Å². The van der Waals surface area contributed by atoms with Gasteiger partial charge in [-0.3, -0.25) is 4.79 Å². The molecule has 0 atom stereocenters. The van der Waals surface area contributed by atoms with Crippen LogP contribution in [0.1, 0.15) is 22.1 Å². The lowest BCUT2D eigenvalue weighted by Gasteiger charge is -2.13. The Kier molecular flexibility index (Phi) is 4.55. The van der Waals surface area contributed by atoms with Crippen LogP contribution < -0.4 is 4.74 Å². The van der Waals surface area contributed by atoms with Gasteiger partial charge in [-0.1, -0.05) is 5.16 Å². The number of rotatable bonds is 6. The molecule has 2 aromatic heterocycles. The van der Waals surface area contributed by atoms with Gasteiger partial charge in [0.15, 0.2) is 12.3 Å². The smallest absolute Gasteiger partial charge is 0.275 e. The Labute approximate surface area is 136 Å². The molecule has 0 aliphatic heterocycles. The zero-order valence-electron chi connectivity index (χ0n) is 12.8. The van der Waals surface area contributed by atoms with Crippen LogP contribution in [-0.2, 0) is 13.2 Å². The number of carbonyl (C=O) groups excluding carboxylic acids is 1. The van der Waals surface area contributed by atoms with E-state index in [1.807, 2.05) is 0 Å². The molecule has 0 saturated carbocycles. The summed E-state index contributed by atoms with van der Waals surface area (Å²) < 4.78 is 28.2. The third kappa shape index (κ3) is 3.78. The molecule has 2 heterocycles. The van der Waals surface area contributed by atoms with E-state index < -0.39 is 0 Å². The molecule has 3 aromatic rings. The molecule has 0 spiro atoms. The predicted octanol–water partition coefficient (Wildman–Crippen LogP) is 2.65. The highest BCUT2D eigenvalue weighted by molar-refractivity contribution is 5.91. The summed E-state index contributed by atoms with van der Waals surface area (Å²) in [6.07, 6.45) is 2.71. The summed E-state index contributed by atoms with van der Waals surface area (Å²) in [5.41, 5.74) is 0.799. The minimum Gasteiger partial charge on any atom is -0.484 e. The molecule has 0 N–H and O–H groups in total. The summed E-state index contributed by atoms with van der Waals surface area (Å²) in [5, 5.41) is 3.75. The maximum absolute atomic E-state index is 12.8. The Hall–Kier alpha value is -3.16. The number of halogens is 1. The fourth-order valence-corrected chi connectivity index (χ4v) is 1.98. The number of benzene rings is 1. The average molecular weight is 331 g/mol. The molecule has 0 saturated heterocycles. The number of aromatic nitrogens is 2. The van der Waals surface area contributed by atoms with Crippen LogP contribution in [0.2, 0.25) is 0 Å². The highest BCUT2D eigenvalue weighted by Crippen LogP contribution is 2.14. The third-order valence-corrected chi connectivity index (χ3v) is 3.18. The zero-order chi connectivity index (χ0) is 16.9. The first-order valence-corrected chi connectivity index (χ1v) is 7.09. The summed E-state index contributed by atoms with van der Waals surface area (Å²) >= 11 is 0. The van der Waals surface area contributed by atoms with Gasteiger partial charge in [0.25, 0.3) is 5.91 Å². The fraction of sp³-hybridized carbons (Fsp3) is 0.188. The van der Waals surface area contributed by atoms with E-state index >= 15 is 0 Å². The van der Waals surface area contributed by atoms with Crippen molar-refractivity contribution in [3.63, 3.8) is 0 Å². The molecule has 24 heavy (non-hydrogen) atoms. The molecule has 0 bridgehead atoms. The van der Waals surface area contributed by atoms with Crippen molar-refractivity contribution in [2.45, 2.75) is 13.2 Å². The first-order chi connectivity index (χ1) is 11.6. The quantitative estimate of drug-likeness (QED) is 0.691. The van der Waals surface area contributed by atoms with Crippen LogP contribution in [0.3, 0.4) is 0 Å². The summed E-state index contributed by atoms with van der Waals surface area (Å²) in [4.78, 5) is 17.8. The Morgan fingerprint density at radius 1 is 1.29 bits per heavy atom. The predicted molar refractivity (Wildman–Crippen MR) is 79.5 cm³/mol. The van der Waals surface area contributed by atoms with Crippen molar-refractivity contribution < 1.29 is 22.9 Å². The van der Waals surface area contributed by atoms with E-state index in [2.05, 4.69) is 10.1 Å². The average Bonchev–Trinajstić information content (AvgIpc) is 3.25. The van der Waals surface area contributed by atoms with Gasteiger partial charge in [-0.25, -0.2) is 9.37 Å². The Balaban J connectivity index is 1.58. The van der Waals surface area contributed by atoms with E-state index in [1.165, 1.54) is 41.7 Å². The van der Waals surface area contributed by atoms with Crippen molar-refractivity contribution in [1.82, 2.24) is 15.0 Å². The fourth-order valence-electron chi connectivity index (χ4n) is 1.98. The number of hydrogen-bond donors (Lipinski definition) is 0. The highest BCUT2D eigenvalue weighted by atomic mass is 19.1. The van der Waals surface area contributed by atoms with Gasteiger partial charge >= 0.3 is 0 Å². The molecule has 1 amide bonds.